The number of carbonyl (C=O) groups is 1. The van der Waals surface area contributed by atoms with Gasteiger partial charge in [0, 0.05) is 5.02 Å². The third-order valence-corrected chi connectivity index (χ3v) is 3.09. The maximum Gasteiger partial charge on any atom is 0.277 e. The van der Waals surface area contributed by atoms with Crippen LogP contribution < -0.4 is 10.2 Å². The molecule has 2 rings (SSSR count). The van der Waals surface area contributed by atoms with Crippen LogP contribution in [0.2, 0.25) is 5.02 Å². The van der Waals surface area contributed by atoms with E-state index in [2.05, 4.69) is 10.5 Å². The zero-order chi connectivity index (χ0) is 15.9. The highest BCUT2D eigenvalue weighted by Gasteiger charge is 2.02. The number of nitrogens with zero attached hydrogens (tertiary/aromatic N) is 1. The van der Waals surface area contributed by atoms with Gasteiger partial charge in [0.05, 0.1) is 6.21 Å². The number of hydrazone groups is 1. The van der Waals surface area contributed by atoms with E-state index >= 15 is 0 Å². The molecule has 1 N–H and O–H groups in total. The SMILES string of the molecule is Cc1cc(C)cc(OCC(=O)NN=Cc2ccc(Cl)cc2)c1. The molecule has 0 unspecified atom stereocenters. The van der Waals surface area contributed by atoms with Crippen molar-refractivity contribution in [1.82, 2.24) is 5.43 Å². The average Bonchev–Trinajstić information content (AvgIpc) is 2.46. The largest absolute Gasteiger partial charge is 0.484 e. The van der Waals surface area contributed by atoms with Gasteiger partial charge in [0.2, 0.25) is 0 Å². The second-order valence-corrected chi connectivity index (χ2v) is 5.39. The molecule has 0 spiro atoms. The minimum absolute atomic E-state index is 0.0825. The minimum Gasteiger partial charge on any atom is -0.484 e. The van der Waals surface area contributed by atoms with E-state index < -0.39 is 0 Å². The van der Waals surface area contributed by atoms with Gasteiger partial charge in [0.1, 0.15) is 5.75 Å². The molecule has 0 fully saturated rings. The predicted molar refractivity (Wildman–Crippen MR) is 88.6 cm³/mol. The van der Waals surface area contributed by atoms with Crippen LogP contribution in [-0.4, -0.2) is 18.7 Å². The van der Waals surface area contributed by atoms with Crippen LogP contribution in [0.15, 0.2) is 47.6 Å². The number of hydrogen-bond donors (Lipinski definition) is 1. The first-order chi connectivity index (χ1) is 10.5. The van der Waals surface area contributed by atoms with E-state index in [1.807, 2.05) is 44.2 Å². The molecule has 22 heavy (non-hydrogen) atoms. The topological polar surface area (TPSA) is 50.7 Å². The summed E-state index contributed by atoms with van der Waals surface area (Å²) in [5.74, 6) is 0.360. The van der Waals surface area contributed by atoms with Crippen LogP contribution in [0.25, 0.3) is 0 Å². The zero-order valence-corrected chi connectivity index (χ0v) is 13.2. The van der Waals surface area contributed by atoms with Crippen LogP contribution in [0, 0.1) is 13.8 Å². The molecule has 0 aliphatic heterocycles. The molecule has 0 aliphatic carbocycles. The molecule has 0 saturated heterocycles. The Balaban J connectivity index is 1.81. The van der Waals surface area contributed by atoms with E-state index in [-0.39, 0.29) is 12.5 Å². The molecule has 0 saturated carbocycles. The van der Waals surface area contributed by atoms with Crippen molar-refractivity contribution in [3.63, 3.8) is 0 Å². The quantitative estimate of drug-likeness (QED) is 0.678. The molecule has 2 aromatic rings. The van der Waals surface area contributed by atoms with Crippen molar-refractivity contribution in [3.8, 4) is 5.75 Å². The number of nitrogens with one attached hydrogen (secondary N) is 1. The number of halogens is 1. The molecular formula is C17H17ClN2O2. The average molecular weight is 317 g/mol. The van der Waals surface area contributed by atoms with Crippen LogP contribution in [0.4, 0.5) is 0 Å². The highest BCUT2D eigenvalue weighted by molar-refractivity contribution is 6.30. The molecule has 1 amide bonds. The molecule has 0 bridgehead atoms. The summed E-state index contributed by atoms with van der Waals surface area (Å²) in [5.41, 5.74) is 5.45. The summed E-state index contributed by atoms with van der Waals surface area (Å²) in [6.45, 7) is 3.88. The smallest absolute Gasteiger partial charge is 0.277 e. The lowest BCUT2D eigenvalue weighted by molar-refractivity contribution is -0.123. The monoisotopic (exact) mass is 316 g/mol. The first-order valence-corrected chi connectivity index (χ1v) is 7.19. The normalized spacial score (nSPS) is 10.7. The molecule has 0 atom stereocenters. The molecule has 5 heteroatoms. The number of hydrogen-bond acceptors (Lipinski definition) is 3. The second kappa shape index (κ2) is 7.61. The van der Waals surface area contributed by atoms with E-state index in [1.165, 1.54) is 0 Å². The highest BCUT2D eigenvalue weighted by atomic mass is 35.5. The lowest BCUT2D eigenvalue weighted by atomic mass is 10.1. The molecule has 4 nitrogen and oxygen atoms in total. The van der Waals surface area contributed by atoms with Gasteiger partial charge in [0.15, 0.2) is 6.61 Å². The van der Waals surface area contributed by atoms with Crippen molar-refractivity contribution >= 4 is 23.7 Å². The fourth-order valence-electron chi connectivity index (χ4n) is 1.93. The van der Waals surface area contributed by atoms with E-state index in [1.54, 1.807) is 18.3 Å². The number of carbonyl (C=O) groups excluding carboxylic acids is 1. The highest BCUT2D eigenvalue weighted by Crippen LogP contribution is 2.15. The molecule has 0 aliphatic rings. The lowest BCUT2D eigenvalue weighted by Gasteiger charge is -2.07. The van der Waals surface area contributed by atoms with Gasteiger partial charge in [-0.25, -0.2) is 5.43 Å². The van der Waals surface area contributed by atoms with E-state index in [4.69, 9.17) is 16.3 Å². The van der Waals surface area contributed by atoms with Crippen LogP contribution in [0.1, 0.15) is 16.7 Å². The summed E-state index contributed by atoms with van der Waals surface area (Å²) in [5, 5.41) is 4.53. The van der Waals surface area contributed by atoms with Gasteiger partial charge in [-0.2, -0.15) is 5.10 Å². The Hall–Kier alpha value is -2.33. The number of rotatable bonds is 5. The second-order valence-electron chi connectivity index (χ2n) is 4.96. The van der Waals surface area contributed by atoms with Crippen LogP contribution >= 0.6 is 11.6 Å². The van der Waals surface area contributed by atoms with Crippen LogP contribution in [0.3, 0.4) is 0 Å². The molecular weight excluding hydrogens is 300 g/mol. The van der Waals surface area contributed by atoms with Crippen LogP contribution in [0.5, 0.6) is 5.75 Å². The third-order valence-electron chi connectivity index (χ3n) is 2.84. The van der Waals surface area contributed by atoms with Crippen LogP contribution in [-0.2, 0) is 4.79 Å². The number of benzene rings is 2. The fraction of sp³-hybridized carbons (Fsp3) is 0.176. The van der Waals surface area contributed by atoms with E-state index in [0.717, 1.165) is 16.7 Å². The Bertz CT molecular complexity index is 661. The summed E-state index contributed by atoms with van der Waals surface area (Å²) in [4.78, 5) is 11.7. The number of aryl methyl sites for hydroxylation is 2. The van der Waals surface area contributed by atoms with Crippen molar-refractivity contribution in [2.24, 2.45) is 5.10 Å². The standard InChI is InChI=1S/C17H17ClN2O2/c1-12-7-13(2)9-16(8-12)22-11-17(21)20-19-10-14-3-5-15(18)6-4-14/h3-10H,11H2,1-2H3,(H,20,21). The molecule has 114 valence electrons. The Morgan fingerprint density at radius 2 is 1.82 bits per heavy atom. The van der Waals surface area contributed by atoms with E-state index in [0.29, 0.717) is 10.8 Å². The minimum atomic E-state index is -0.315. The maximum absolute atomic E-state index is 11.7. The Labute approximate surface area is 134 Å². The summed E-state index contributed by atoms with van der Waals surface area (Å²) in [7, 11) is 0. The molecule has 0 radical (unpaired) electrons. The van der Waals surface area contributed by atoms with Crippen molar-refractivity contribution < 1.29 is 9.53 Å². The van der Waals surface area contributed by atoms with Gasteiger partial charge in [0.25, 0.3) is 5.91 Å². The Morgan fingerprint density at radius 3 is 2.45 bits per heavy atom. The van der Waals surface area contributed by atoms with E-state index in [9.17, 15) is 4.79 Å². The van der Waals surface area contributed by atoms with Gasteiger partial charge in [-0.1, -0.05) is 29.8 Å². The summed E-state index contributed by atoms with van der Waals surface area (Å²) in [6, 6.07) is 13.0. The zero-order valence-electron chi connectivity index (χ0n) is 12.5. The van der Waals surface area contributed by atoms with Crippen molar-refractivity contribution in [3.05, 3.63) is 64.2 Å². The predicted octanol–water partition coefficient (Wildman–Crippen LogP) is 3.49. The van der Waals surface area contributed by atoms with Gasteiger partial charge in [-0.15, -0.1) is 0 Å². The lowest BCUT2D eigenvalue weighted by Crippen LogP contribution is -2.24. The van der Waals surface area contributed by atoms with Gasteiger partial charge < -0.3 is 4.74 Å². The molecule has 0 heterocycles. The summed E-state index contributed by atoms with van der Waals surface area (Å²) >= 11 is 5.79. The Morgan fingerprint density at radius 1 is 1.18 bits per heavy atom. The first kappa shape index (κ1) is 16.0. The molecule has 0 aromatic heterocycles. The fourth-order valence-corrected chi connectivity index (χ4v) is 2.05. The van der Waals surface area contributed by atoms with Crippen molar-refractivity contribution in [2.75, 3.05) is 6.61 Å². The van der Waals surface area contributed by atoms with Crippen molar-refractivity contribution in [1.29, 1.82) is 0 Å². The third kappa shape index (κ3) is 5.22. The number of amides is 1. The van der Waals surface area contributed by atoms with Crippen molar-refractivity contribution in [2.45, 2.75) is 13.8 Å². The van der Waals surface area contributed by atoms with Gasteiger partial charge >= 0.3 is 0 Å². The summed E-state index contributed by atoms with van der Waals surface area (Å²) in [6.07, 6.45) is 1.55. The summed E-state index contributed by atoms with van der Waals surface area (Å²) < 4.78 is 5.44. The number of ether oxygens (including phenoxy) is 1. The van der Waals surface area contributed by atoms with Gasteiger partial charge in [-0.3, -0.25) is 4.79 Å². The van der Waals surface area contributed by atoms with Gasteiger partial charge in [-0.05, 0) is 54.8 Å². The Kier molecular flexibility index (Phi) is 5.55. The molecule has 2 aromatic carbocycles. The first-order valence-electron chi connectivity index (χ1n) is 6.81. The maximum atomic E-state index is 11.7.